The molecule has 1 rings (SSSR count). The summed E-state index contributed by atoms with van der Waals surface area (Å²) in [5.74, 6) is 0.624. The Hall–Kier alpha value is -0.280. The maximum atomic E-state index is 6.06. The van der Waals surface area contributed by atoms with Crippen LogP contribution in [0.5, 0.6) is 0 Å². The Morgan fingerprint density at radius 1 is 1.26 bits per heavy atom. The van der Waals surface area contributed by atoms with Crippen LogP contribution < -0.4 is 5.32 Å². The first-order valence-corrected chi connectivity index (χ1v) is 7.56. The molecule has 1 atom stereocenters. The van der Waals surface area contributed by atoms with Crippen molar-refractivity contribution in [2.45, 2.75) is 26.2 Å². The molecule has 0 spiro atoms. The van der Waals surface area contributed by atoms with Crippen molar-refractivity contribution >= 4 is 23.2 Å². The number of methoxy groups -OCH3 is 1. The third-order valence-corrected chi connectivity index (χ3v) is 3.86. The summed E-state index contributed by atoms with van der Waals surface area (Å²) < 4.78 is 5.04. The van der Waals surface area contributed by atoms with Crippen molar-refractivity contribution in [3.63, 3.8) is 0 Å². The minimum absolute atomic E-state index is 0.621. The Labute approximate surface area is 126 Å². The first-order chi connectivity index (χ1) is 9.17. The average molecular weight is 304 g/mol. The van der Waals surface area contributed by atoms with E-state index in [2.05, 4.69) is 18.3 Å². The Balaban J connectivity index is 2.49. The zero-order chi connectivity index (χ0) is 14.1. The molecule has 0 saturated carbocycles. The predicted octanol–water partition coefficient (Wildman–Crippen LogP) is 4.19. The highest BCUT2D eigenvalue weighted by molar-refractivity contribution is 6.42. The fourth-order valence-electron chi connectivity index (χ4n) is 2.16. The molecular formula is C15H23Cl2NO. The van der Waals surface area contributed by atoms with Gasteiger partial charge in [0.25, 0.3) is 0 Å². The lowest BCUT2D eigenvalue weighted by molar-refractivity contribution is 0.197. The molecule has 1 N–H and O–H groups in total. The van der Waals surface area contributed by atoms with Crippen molar-refractivity contribution in [2.75, 3.05) is 26.8 Å². The second-order valence-corrected chi connectivity index (χ2v) is 5.62. The Bertz CT molecular complexity index is 371. The Morgan fingerprint density at radius 3 is 2.68 bits per heavy atom. The number of nitrogens with one attached hydrogen (secondary N) is 1. The highest BCUT2D eigenvalue weighted by Gasteiger charge is 2.09. The first-order valence-electron chi connectivity index (χ1n) is 6.81. The van der Waals surface area contributed by atoms with Crippen molar-refractivity contribution in [1.82, 2.24) is 5.32 Å². The molecule has 0 saturated heterocycles. The van der Waals surface area contributed by atoms with Crippen LogP contribution in [-0.4, -0.2) is 26.8 Å². The first kappa shape index (κ1) is 16.8. The summed E-state index contributed by atoms with van der Waals surface area (Å²) in [4.78, 5) is 0. The third-order valence-electron chi connectivity index (χ3n) is 3.12. The van der Waals surface area contributed by atoms with Crippen LogP contribution in [0.2, 0.25) is 10.0 Å². The summed E-state index contributed by atoms with van der Waals surface area (Å²) in [6.45, 7) is 4.89. The van der Waals surface area contributed by atoms with Crippen LogP contribution in [0.15, 0.2) is 18.2 Å². The average Bonchev–Trinajstić information content (AvgIpc) is 2.39. The van der Waals surface area contributed by atoms with Crippen LogP contribution in [0.1, 0.15) is 25.3 Å². The number of rotatable bonds is 9. The van der Waals surface area contributed by atoms with E-state index in [0.717, 1.165) is 26.1 Å². The van der Waals surface area contributed by atoms with Crippen LogP contribution >= 0.6 is 23.2 Å². The summed E-state index contributed by atoms with van der Waals surface area (Å²) in [6, 6.07) is 5.91. The van der Waals surface area contributed by atoms with Crippen LogP contribution in [0.3, 0.4) is 0 Å². The molecule has 0 aliphatic heterocycles. The van der Waals surface area contributed by atoms with Gasteiger partial charge < -0.3 is 10.1 Å². The maximum absolute atomic E-state index is 6.06. The zero-order valence-electron chi connectivity index (χ0n) is 11.7. The molecule has 0 aliphatic carbocycles. The van der Waals surface area contributed by atoms with Gasteiger partial charge in [-0.2, -0.15) is 0 Å². The zero-order valence-corrected chi connectivity index (χ0v) is 13.2. The van der Waals surface area contributed by atoms with Crippen LogP contribution in [0, 0.1) is 5.92 Å². The second-order valence-electron chi connectivity index (χ2n) is 4.80. The summed E-state index contributed by atoms with van der Waals surface area (Å²) in [6.07, 6.45) is 3.43. The molecule has 0 fully saturated rings. The quantitative estimate of drug-likeness (QED) is 0.691. The van der Waals surface area contributed by atoms with Gasteiger partial charge in [0, 0.05) is 13.7 Å². The summed E-state index contributed by atoms with van der Waals surface area (Å²) in [5.41, 5.74) is 1.25. The SMILES string of the molecule is CCCC(CNCCOC)Cc1ccc(Cl)c(Cl)c1. The number of ether oxygens (including phenoxy) is 1. The molecule has 1 aromatic carbocycles. The van der Waals surface area contributed by atoms with E-state index in [1.165, 1.54) is 18.4 Å². The van der Waals surface area contributed by atoms with Crippen molar-refractivity contribution in [3.8, 4) is 0 Å². The molecule has 0 amide bonds. The van der Waals surface area contributed by atoms with Gasteiger partial charge in [-0.1, -0.05) is 42.6 Å². The van der Waals surface area contributed by atoms with Gasteiger partial charge in [0.05, 0.1) is 16.7 Å². The lowest BCUT2D eigenvalue weighted by Gasteiger charge is -2.17. The topological polar surface area (TPSA) is 21.3 Å². The lowest BCUT2D eigenvalue weighted by atomic mass is 9.95. The number of halogens is 2. The molecule has 0 aromatic heterocycles. The monoisotopic (exact) mass is 303 g/mol. The van der Waals surface area contributed by atoms with Crippen LogP contribution in [-0.2, 0) is 11.2 Å². The number of hydrogen-bond acceptors (Lipinski definition) is 2. The van der Waals surface area contributed by atoms with E-state index in [9.17, 15) is 0 Å². The normalized spacial score (nSPS) is 12.6. The molecule has 0 heterocycles. The van der Waals surface area contributed by atoms with Crippen LogP contribution in [0.4, 0.5) is 0 Å². The predicted molar refractivity (Wildman–Crippen MR) is 83.3 cm³/mol. The molecule has 4 heteroatoms. The van der Waals surface area contributed by atoms with E-state index in [1.54, 1.807) is 7.11 Å². The van der Waals surface area contributed by atoms with Gasteiger partial charge in [0.2, 0.25) is 0 Å². The van der Waals surface area contributed by atoms with Gasteiger partial charge >= 0.3 is 0 Å². The van der Waals surface area contributed by atoms with Crippen LogP contribution in [0.25, 0.3) is 0 Å². The van der Waals surface area contributed by atoms with Crippen molar-refractivity contribution < 1.29 is 4.74 Å². The van der Waals surface area contributed by atoms with E-state index in [-0.39, 0.29) is 0 Å². The molecule has 0 radical (unpaired) electrons. The highest BCUT2D eigenvalue weighted by Crippen LogP contribution is 2.24. The fraction of sp³-hybridized carbons (Fsp3) is 0.600. The number of hydrogen-bond donors (Lipinski definition) is 1. The minimum atomic E-state index is 0.621. The van der Waals surface area contributed by atoms with Crippen molar-refractivity contribution in [2.24, 2.45) is 5.92 Å². The third kappa shape index (κ3) is 6.62. The molecule has 0 aliphatic rings. The molecule has 2 nitrogen and oxygen atoms in total. The molecular weight excluding hydrogens is 281 g/mol. The van der Waals surface area contributed by atoms with Gasteiger partial charge in [-0.3, -0.25) is 0 Å². The summed E-state index contributed by atoms with van der Waals surface area (Å²) >= 11 is 12.0. The van der Waals surface area contributed by atoms with Gasteiger partial charge in [0.15, 0.2) is 0 Å². The molecule has 1 aromatic rings. The lowest BCUT2D eigenvalue weighted by Crippen LogP contribution is -2.27. The standard InChI is InChI=1S/C15H23Cl2NO/c1-3-4-13(11-18-7-8-19-2)9-12-5-6-14(16)15(17)10-12/h5-6,10,13,18H,3-4,7-9,11H2,1-2H3. The van der Waals surface area contributed by atoms with E-state index in [1.807, 2.05) is 12.1 Å². The molecule has 19 heavy (non-hydrogen) atoms. The highest BCUT2D eigenvalue weighted by atomic mass is 35.5. The van der Waals surface area contributed by atoms with E-state index < -0.39 is 0 Å². The van der Waals surface area contributed by atoms with Crippen molar-refractivity contribution in [3.05, 3.63) is 33.8 Å². The smallest absolute Gasteiger partial charge is 0.0595 e. The largest absolute Gasteiger partial charge is 0.383 e. The van der Waals surface area contributed by atoms with Gasteiger partial charge in [-0.05, 0) is 43.0 Å². The van der Waals surface area contributed by atoms with E-state index >= 15 is 0 Å². The Kier molecular flexibility index (Phi) is 8.47. The van der Waals surface area contributed by atoms with Gasteiger partial charge in [-0.25, -0.2) is 0 Å². The number of benzene rings is 1. The second kappa shape index (κ2) is 9.60. The maximum Gasteiger partial charge on any atom is 0.0595 e. The van der Waals surface area contributed by atoms with E-state index in [4.69, 9.17) is 27.9 Å². The minimum Gasteiger partial charge on any atom is -0.383 e. The van der Waals surface area contributed by atoms with Gasteiger partial charge in [0.1, 0.15) is 0 Å². The summed E-state index contributed by atoms with van der Waals surface area (Å²) in [7, 11) is 1.72. The molecule has 1 unspecified atom stereocenters. The Morgan fingerprint density at radius 2 is 2.05 bits per heavy atom. The van der Waals surface area contributed by atoms with Gasteiger partial charge in [-0.15, -0.1) is 0 Å². The molecule has 108 valence electrons. The van der Waals surface area contributed by atoms with E-state index in [0.29, 0.717) is 16.0 Å². The summed E-state index contributed by atoms with van der Waals surface area (Å²) in [5, 5.41) is 4.69. The van der Waals surface area contributed by atoms with Crippen molar-refractivity contribution in [1.29, 1.82) is 0 Å². The molecule has 0 bridgehead atoms. The fourth-order valence-corrected chi connectivity index (χ4v) is 2.49.